The predicted octanol–water partition coefficient (Wildman–Crippen LogP) is 3.24. The predicted molar refractivity (Wildman–Crippen MR) is 101 cm³/mol. The van der Waals surface area contributed by atoms with Crippen LogP contribution in [0.1, 0.15) is 10.4 Å². The molecule has 0 radical (unpaired) electrons. The maximum atomic E-state index is 12.5. The number of rotatable bonds is 5. The number of aromatic nitrogens is 2. The third-order valence-electron chi connectivity index (χ3n) is 3.72. The van der Waals surface area contributed by atoms with Crippen LogP contribution in [0.25, 0.3) is 5.69 Å². The number of nitrogens with zero attached hydrogens (tertiary/aromatic N) is 3. The zero-order valence-electron chi connectivity index (χ0n) is 14.1. The molecule has 0 atom stereocenters. The minimum Gasteiger partial charge on any atom is -0.332 e. The van der Waals surface area contributed by atoms with Gasteiger partial charge in [-0.1, -0.05) is 17.7 Å². The van der Waals surface area contributed by atoms with Gasteiger partial charge >= 0.3 is 0 Å². The van der Waals surface area contributed by atoms with Crippen LogP contribution < -0.4 is 5.32 Å². The molecule has 0 saturated carbocycles. The Labute approximate surface area is 156 Å². The number of likely N-dealkylation sites (N-methyl/N-ethyl adjacent to an activating group) is 1. The fourth-order valence-corrected chi connectivity index (χ4v) is 2.64. The molecule has 0 spiro atoms. The average molecular weight is 369 g/mol. The van der Waals surface area contributed by atoms with Gasteiger partial charge in [0.2, 0.25) is 5.91 Å². The Morgan fingerprint density at radius 2 is 1.92 bits per heavy atom. The third kappa shape index (κ3) is 4.29. The van der Waals surface area contributed by atoms with E-state index in [0.717, 1.165) is 5.69 Å². The Morgan fingerprint density at radius 1 is 1.15 bits per heavy atom. The molecule has 0 aliphatic carbocycles. The van der Waals surface area contributed by atoms with Crippen molar-refractivity contribution >= 4 is 29.1 Å². The van der Waals surface area contributed by atoms with Crippen LogP contribution in [0.3, 0.4) is 0 Å². The zero-order chi connectivity index (χ0) is 18.5. The molecule has 1 heterocycles. The number of carbonyl (C=O) groups excluding carboxylic acids is 2. The van der Waals surface area contributed by atoms with Gasteiger partial charge in [0.05, 0.1) is 12.2 Å². The van der Waals surface area contributed by atoms with Crippen molar-refractivity contribution < 1.29 is 9.59 Å². The minimum absolute atomic E-state index is 0.0632. The first-order valence-corrected chi connectivity index (χ1v) is 8.32. The first-order valence-electron chi connectivity index (χ1n) is 7.94. The molecular formula is C19H17ClN4O2. The van der Waals surface area contributed by atoms with Crippen LogP contribution in [0.5, 0.6) is 0 Å². The highest BCUT2D eigenvalue weighted by atomic mass is 35.5. The SMILES string of the molecule is CN(CC(=O)Nc1cccc(Cl)c1)C(=O)c1ccc(-n2cccn2)cc1. The molecule has 6 nitrogen and oxygen atoms in total. The van der Waals surface area contributed by atoms with Gasteiger partial charge in [-0.05, 0) is 48.5 Å². The molecule has 3 rings (SSSR count). The normalized spacial score (nSPS) is 10.4. The number of hydrogen-bond donors (Lipinski definition) is 1. The Morgan fingerprint density at radius 3 is 2.58 bits per heavy atom. The minimum atomic E-state index is -0.295. The first kappa shape index (κ1) is 17.7. The van der Waals surface area contributed by atoms with E-state index in [9.17, 15) is 9.59 Å². The number of halogens is 1. The molecule has 2 amide bonds. The summed E-state index contributed by atoms with van der Waals surface area (Å²) in [5, 5.41) is 7.39. The van der Waals surface area contributed by atoms with Crippen molar-refractivity contribution in [2.75, 3.05) is 18.9 Å². The van der Waals surface area contributed by atoms with Crippen LogP contribution in [-0.2, 0) is 4.79 Å². The zero-order valence-corrected chi connectivity index (χ0v) is 14.8. The summed E-state index contributed by atoms with van der Waals surface area (Å²) in [6, 6.07) is 15.7. The van der Waals surface area contributed by atoms with Crippen molar-refractivity contribution in [2.45, 2.75) is 0 Å². The number of nitrogens with one attached hydrogen (secondary N) is 1. The summed E-state index contributed by atoms with van der Waals surface area (Å²) >= 11 is 5.89. The smallest absolute Gasteiger partial charge is 0.254 e. The molecule has 0 aliphatic heterocycles. The van der Waals surface area contributed by atoms with Gasteiger partial charge in [0.1, 0.15) is 0 Å². The van der Waals surface area contributed by atoms with Crippen molar-refractivity contribution in [3.8, 4) is 5.69 Å². The van der Waals surface area contributed by atoms with Crippen molar-refractivity contribution in [1.29, 1.82) is 0 Å². The first-order chi connectivity index (χ1) is 12.5. The average Bonchev–Trinajstić information content (AvgIpc) is 3.15. The number of anilines is 1. The van der Waals surface area contributed by atoms with Gasteiger partial charge < -0.3 is 10.2 Å². The molecule has 1 aromatic heterocycles. The van der Waals surface area contributed by atoms with Gasteiger partial charge in [-0.3, -0.25) is 9.59 Å². The summed E-state index contributed by atoms with van der Waals surface area (Å²) in [4.78, 5) is 26.0. The van der Waals surface area contributed by atoms with E-state index in [0.29, 0.717) is 16.3 Å². The van der Waals surface area contributed by atoms with Crippen LogP contribution >= 0.6 is 11.6 Å². The molecular weight excluding hydrogens is 352 g/mol. The summed E-state index contributed by atoms with van der Waals surface area (Å²) in [6.07, 6.45) is 3.51. The van der Waals surface area contributed by atoms with E-state index < -0.39 is 0 Å². The highest BCUT2D eigenvalue weighted by molar-refractivity contribution is 6.30. The molecule has 0 bridgehead atoms. The van der Waals surface area contributed by atoms with Gasteiger partial charge in [0.15, 0.2) is 0 Å². The summed E-state index contributed by atoms with van der Waals surface area (Å²) in [5.74, 6) is -0.533. The molecule has 0 unspecified atom stereocenters. The van der Waals surface area contributed by atoms with Gasteiger partial charge in [0.25, 0.3) is 5.91 Å². The van der Waals surface area contributed by atoms with E-state index in [-0.39, 0.29) is 18.4 Å². The van der Waals surface area contributed by atoms with Crippen LogP contribution in [0.15, 0.2) is 67.0 Å². The molecule has 26 heavy (non-hydrogen) atoms. The molecule has 0 saturated heterocycles. The largest absolute Gasteiger partial charge is 0.332 e. The van der Waals surface area contributed by atoms with E-state index in [2.05, 4.69) is 10.4 Å². The van der Waals surface area contributed by atoms with Crippen molar-refractivity contribution in [2.24, 2.45) is 0 Å². The monoisotopic (exact) mass is 368 g/mol. The molecule has 3 aromatic rings. The summed E-state index contributed by atoms with van der Waals surface area (Å²) in [7, 11) is 1.58. The van der Waals surface area contributed by atoms with E-state index in [1.165, 1.54) is 4.90 Å². The lowest BCUT2D eigenvalue weighted by Gasteiger charge is -2.17. The number of carbonyl (C=O) groups is 2. The molecule has 1 N–H and O–H groups in total. The maximum Gasteiger partial charge on any atom is 0.254 e. The van der Waals surface area contributed by atoms with Gasteiger partial charge in [-0.2, -0.15) is 5.10 Å². The van der Waals surface area contributed by atoms with Gasteiger partial charge in [-0.25, -0.2) is 4.68 Å². The number of hydrogen-bond acceptors (Lipinski definition) is 3. The molecule has 0 aliphatic rings. The lowest BCUT2D eigenvalue weighted by molar-refractivity contribution is -0.116. The van der Waals surface area contributed by atoms with E-state index in [1.807, 2.05) is 12.3 Å². The fraction of sp³-hybridized carbons (Fsp3) is 0.105. The van der Waals surface area contributed by atoms with E-state index in [4.69, 9.17) is 11.6 Å². The Kier molecular flexibility index (Phi) is 5.34. The molecule has 132 valence electrons. The quantitative estimate of drug-likeness (QED) is 0.751. The topological polar surface area (TPSA) is 67.2 Å². The lowest BCUT2D eigenvalue weighted by atomic mass is 10.2. The highest BCUT2D eigenvalue weighted by Crippen LogP contribution is 2.15. The molecule has 7 heteroatoms. The second kappa shape index (κ2) is 7.84. The lowest BCUT2D eigenvalue weighted by Crippen LogP contribution is -2.34. The van der Waals surface area contributed by atoms with Crippen molar-refractivity contribution in [1.82, 2.24) is 14.7 Å². The highest BCUT2D eigenvalue weighted by Gasteiger charge is 2.15. The van der Waals surface area contributed by atoms with Crippen LogP contribution in [0.4, 0.5) is 5.69 Å². The van der Waals surface area contributed by atoms with Gasteiger partial charge in [0, 0.05) is 35.7 Å². The van der Waals surface area contributed by atoms with Crippen LogP contribution in [0.2, 0.25) is 5.02 Å². The Hall–Kier alpha value is -3.12. The maximum absolute atomic E-state index is 12.5. The van der Waals surface area contributed by atoms with Crippen molar-refractivity contribution in [3.63, 3.8) is 0 Å². The second-order valence-electron chi connectivity index (χ2n) is 5.72. The fourth-order valence-electron chi connectivity index (χ4n) is 2.45. The summed E-state index contributed by atoms with van der Waals surface area (Å²) in [5.41, 5.74) is 1.94. The Bertz CT molecular complexity index is 908. The van der Waals surface area contributed by atoms with Crippen LogP contribution in [-0.4, -0.2) is 40.1 Å². The van der Waals surface area contributed by atoms with Crippen molar-refractivity contribution in [3.05, 3.63) is 77.6 Å². The Balaban J connectivity index is 1.61. The van der Waals surface area contributed by atoms with E-state index >= 15 is 0 Å². The standard InChI is InChI=1S/C19H17ClN4O2/c1-23(13-18(25)22-16-5-2-4-15(20)12-16)19(26)14-6-8-17(9-7-14)24-11-3-10-21-24/h2-12H,13H2,1H3,(H,22,25). The molecule has 0 fully saturated rings. The van der Waals surface area contributed by atoms with Gasteiger partial charge in [-0.15, -0.1) is 0 Å². The summed E-state index contributed by atoms with van der Waals surface area (Å²) < 4.78 is 1.70. The number of benzene rings is 2. The number of amides is 2. The third-order valence-corrected chi connectivity index (χ3v) is 3.95. The molecule has 2 aromatic carbocycles. The second-order valence-corrected chi connectivity index (χ2v) is 6.15. The van der Waals surface area contributed by atoms with E-state index in [1.54, 1.807) is 66.5 Å². The van der Waals surface area contributed by atoms with Crippen LogP contribution in [0, 0.1) is 0 Å². The summed E-state index contributed by atoms with van der Waals surface area (Å²) in [6.45, 7) is -0.0632.